The Labute approximate surface area is 93.5 Å². The largest absolute Gasteiger partial charge is 0.733 e. The summed E-state index contributed by atoms with van der Waals surface area (Å²) in [6.07, 6.45) is 0. The fraction of sp³-hybridized carbons (Fsp3) is 0.143. The summed E-state index contributed by atoms with van der Waals surface area (Å²) in [5.74, 6) is -0.632. The van der Waals surface area contributed by atoms with Crippen LogP contribution in [0, 0.1) is 5.21 Å². The molecule has 0 saturated carbocycles. The van der Waals surface area contributed by atoms with Crippen molar-refractivity contribution in [2.24, 2.45) is 0 Å². The van der Waals surface area contributed by atoms with Crippen LogP contribution in [0.5, 0.6) is 5.75 Å². The van der Waals surface area contributed by atoms with Crippen LogP contribution in [-0.2, 0) is 10.1 Å². The van der Waals surface area contributed by atoms with E-state index in [9.17, 15) is 26.8 Å². The van der Waals surface area contributed by atoms with E-state index < -0.39 is 26.6 Å². The van der Waals surface area contributed by atoms with Crippen LogP contribution in [0.1, 0.15) is 0 Å². The molecule has 0 heterocycles. The summed E-state index contributed by atoms with van der Waals surface area (Å²) in [7, 11) is -5.74. The van der Waals surface area contributed by atoms with Gasteiger partial charge in [-0.2, -0.15) is 21.6 Å². The Balaban J connectivity index is 2.91. The lowest BCUT2D eigenvalue weighted by Gasteiger charge is -2.21. The van der Waals surface area contributed by atoms with Crippen molar-refractivity contribution >= 4 is 15.8 Å². The van der Waals surface area contributed by atoms with E-state index in [-0.39, 0.29) is 5.69 Å². The number of hydrogen-bond acceptors (Lipinski definition) is 6. The van der Waals surface area contributed by atoms with E-state index in [2.05, 4.69) is 4.18 Å². The van der Waals surface area contributed by atoms with Crippen molar-refractivity contribution in [3.05, 3.63) is 29.5 Å². The predicted molar refractivity (Wildman–Crippen MR) is 49.7 cm³/mol. The normalized spacial score (nSPS) is 12.3. The molecule has 17 heavy (non-hydrogen) atoms. The predicted octanol–water partition coefficient (Wildman–Crippen LogP) is 1.61. The molecule has 0 aromatic heterocycles. The van der Waals surface area contributed by atoms with Crippen molar-refractivity contribution in [1.82, 2.24) is 0 Å². The quantitative estimate of drug-likeness (QED) is 0.510. The molecule has 0 aliphatic carbocycles. The van der Waals surface area contributed by atoms with Crippen molar-refractivity contribution in [2.45, 2.75) is 5.51 Å². The van der Waals surface area contributed by atoms with Crippen molar-refractivity contribution in [2.75, 3.05) is 5.23 Å². The minimum absolute atomic E-state index is 0.290. The lowest BCUT2D eigenvalue weighted by molar-refractivity contribution is -0.0500. The lowest BCUT2D eigenvalue weighted by Crippen LogP contribution is -2.28. The van der Waals surface area contributed by atoms with Crippen LogP contribution in [0.4, 0.5) is 18.9 Å². The van der Waals surface area contributed by atoms with Gasteiger partial charge in [-0.25, -0.2) is 0 Å². The maximum absolute atomic E-state index is 11.9. The average Bonchev–Trinajstić information content (AvgIpc) is 2.16. The van der Waals surface area contributed by atoms with E-state index in [4.69, 9.17) is 5.21 Å². The molecule has 0 unspecified atom stereocenters. The smallest absolute Gasteiger partial charge is 0.534 e. The Bertz CT molecular complexity index is 481. The molecule has 0 fully saturated rings. The topological polar surface area (TPSA) is 89.9 Å². The zero-order valence-electron chi connectivity index (χ0n) is 7.88. The minimum Gasteiger partial charge on any atom is -0.733 e. The summed E-state index contributed by atoms with van der Waals surface area (Å²) >= 11 is 0. The van der Waals surface area contributed by atoms with Crippen molar-refractivity contribution < 1.29 is 31.0 Å². The monoisotopic (exact) mass is 272 g/mol. The molecule has 0 saturated heterocycles. The van der Waals surface area contributed by atoms with Crippen LogP contribution in [0.2, 0.25) is 0 Å². The molecule has 6 nitrogen and oxygen atoms in total. The average molecular weight is 272 g/mol. The second kappa shape index (κ2) is 4.39. The molecule has 0 bridgehead atoms. The van der Waals surface area contributed by atoms with Gasteiger partial charge in [-0.1, -0.05) is 0 Å². The molecular formula is C7H5F3NO5S-. The van der Waals surface area contributed by atoms with Gasteiger partial charge in [-0.3, -0.25) is 5.21 Å². The van der Waals surface area contributed by atoms with Gasteiger partial charge in [0.05, 0.1) is 5.69 Å². The SMILES string of the molecule is O=S(=O)(Oc1ccc(N([O-])O)cc1)C(F)(F)F. The van der Waals surface area contributed by atoms with Gasteiger partial charge in [0.15, 0.2) is 0 Å². The van der Waals surface area contributed by atoms with Crippen LogP contribution in [-0.4, -0.2) is 19.1 Å². The third kappa shape index (κ3) is 3.22. The summed E-state index contributed by atoms with van der Waals surface area (Å²) in [6.45, 7) is 0. The van der Waals surface area contributed by atoms with Gasteiger partial charge in [0, 0.05) is 0 Å². The fourth-order valence-electron chi connectivity index (χ4n) is 0.803. The number of benzene rings is 1. The van der Waals surface area contributed by atoms with Gasteiger partial charge in [-0.15, -0.1) is 0 Å². The lowest BCUT2D eigenvalue weighted by atomic mass is 10.3. The molecule has 0 spiro atoms. The summed E-state index contributed by atoms with van der Waals surface area (Å²) in [4.78, 5) is 0. The Hall–Kier alpha value is -1.52. The first-order valence-corrected chi connectivity index (χ1v) is 5.31. The molecule has 1 aromatic rings. The number of hydrogen-bond donors (Lipinski definition) is 1. The van der Waals surface area contributed by atoms with Gasteiger partial charge >= 0.3 is 15.6 Å². The highest BCUT2D eigenvalue weighted by atomic mass is 32.2. The Morgan fingerprint density at radius 1 is 1.24 bits per heavy atom. The fourth-order valence-corrected chi connectivity index (χ4v) is 1.26. The molecule has 10 heteroatoms. The summed E-state index contributed by atoms with van der Waals surface area (Å²) < 4.78 is 60.6. The van der Waals surface area contributed by atoms with Crippen LogP contribution in [0.3, 0.4) is 0 Å². The van der Waals surface area contributed by atoms with E-state index in [0.29, 0.717) is 0 Å². The maximum atomic E-state index is 11.9. The van der Waals surface area contributed by atoms with E-state index in [1.807, 2.05) is 0 Å². The molecule has 0 radical (unpaired) electrons. The summed E-state index contributed by atoms with van der Waals surface area (Å²) in [6, 6.07) is 3.35. The molecule has 0 amide bonds. The van der Waals surface area contributed by atoms with Crippen molar-refractivity contribution in [1.29, 1.82) is 0 Å². The third-order valence-corrected chi connectivity index (χ3v) is 2.53. The van der Waals surface area contributed by atoms with Crippen LogP contribution in [0.25, 0.3) is 0 Å². The zero-order chi connectivity index (χ0) is 13.3. The molecule has 0 aliphatic rings. The number of nitrogens with zero attached hydrogens (tertiary/aromatic N) is 1. The standard InChI is InChI=1S/C7H5F3NO5S/c8-7(9,10)17(14,15)16-6-3-1-5(2-4-6)11(12)13/h1-4,12H/q-1. The van der Waals surface area contributed by atoms with Crippen LogP contribution in [0.15, 0.2) is 24.3 Å². The van der Waals surface area contributed by atoms with E-state index in [0.717, 1.165) is 24.3 Å². The van der Waals surface area contributed by atoms with Gasteiger partial charge in [0.25, 0.3) is 0 Å². The van der Waals surface area contributed by atoms with Crippen molar-refractivity contribution in [3.63, 3.8) is 0 Å². The summed E-state index contributed by atoms with van der Waals surface area (Å²) in [5.41, 5.74) is -5.82. The number of rotatable bonds is 3. The first-order chi connectivity index (χ1) is 7.63. The second-order valence-corrected chi connectivity index (χ2v) is 4.29. The minimum atomic E-state index is -5.74. The highest BCUT2D eigenvalue weighted by Gasteiger charge is 2.48. The molecule has 96 valence electrons. The second-order valence-electron chi connectivity index (χ2n) is 2.75. The Morgan fingerprint density at radius 2 is 1.71 bits per heavy atom. The highest BCUT2D eigenvalue weighted by molar-refractivity contribution is 7.87. The molecule has 0 atom stereocenters. The van der Waals surface area contributed by atoms with Gasteiger partial charge in [0.1, 0.15) is 5.75 Å². The number of halogens is 3. The van der Waals surface area contributed by atoms with E-state index in [1.54, 1.807) is 0 Å². The summed E-state index contributed by atoms with van der Waals surface area (Å²) in [5, 5.41) is 18.2. The van der Waals surface area contributed by atoms with E-state index >= 15 is 0 Å². The van der Waals surface area contributed by atoms with Crippen LogP contribution >= 0.6 is 0 Å². The molecule has 1 rings (SSSR count). The first kappa shape index (κ1) is 13.5. The first-order valence-electron chi connectivity index (χ1n) is 3.90. The highest BCUT2D eigenvalue weighted by Crippen LogP contribution is 2.27. The van der Waals surface area contributed by atoms with Crippen LogP contribution < -0.4 is 9.41 Å². The molecule has 1 aromatic carbocycles. The Kier molecular flexibility index (Phi) is 3.50. The molecular weight excluding hydrogens is 267 g/mol. The van der Waals surface area contributed by atoms with E-state index in [1.165, 1.54) is 0 Å². The third-order valence-electron chi connectivity index (χ3n) is 1.55. The molecule has 0 aliphatic heterocycles. The Morgan fingerprint density at radius 3 is 2.06 bits per heavy atom. The van der Waals surface area contributed by atoms with Gasteiger partial charge in [-0.05, 0) is 24.3 Å². The van der Waals surface area contributed by atoms with Gasteiger partial charge < -0.3 is 14.6 Å². The number of alkyl halides is 3. The maximum Gasteiger partial charge on any atom is 0.534 e. The van der Waals surface area contributed by atoms with Crippen molar-refractivity contribution in [3.8, 4) is 5.75 Å². The zero-order valence-corrected chi connectivity index (χ0v) is 8.70. The molecule has 1 N–H and O–H groups in total. The van der Waals surface area contributed by atoms with Gasteiger partial charge in [0.2, 0.25) is 0 Å². The number of anilines is 1.